The zero-order chi connectivity index (χ0) is 13.9. The number of carbonyl (C=O) groups excluding carboxylic acids is 1. The molecule has 0 radical (unpaired) electrons. The molecule has 0 saturated heterocycles. The Morgan fingerprint density at radius 1 is 1.11 bits per heavy atom. The Kier molecular flexibility index (Phi) is 9.02. The molecule has 0 aliphatic heterocycles. The van der Waals surface area contributed by atoms with E-state index in [9.17, 15) is 4.79 Å². The van der Waals surface area contributed by atoms with E-state index in [4.69, 9.17) is 11.6 Å². The average Bonchev–Trinajstić information content (AvgIpc) is 2.43. The molecule has 1 aromatic carbocycles. The SMILES string of the molecule is CCCCCCCCC(=O)C(Cl)Sc1ccccc1. The first-order chi connectivity index (χ1) is 9.24. The summed E-state index contributed by atoms with van der Waals surface area (Å²) in [5.41, 5.74) is 0. The average molecular weight is 299 g/mol. The Morgan fingerprint density at radius 3 is 2.42 bits per heavy atom. The fourth-order valence-corrected chi connectivity index (χ4v) is 3.10. The first-order valence-corrected chi connectivity index (χ1v) is 8.44. The van der Waals surface area contributed by atoms with Gasteiger partial charge < -0.3 is 0 Å². The van der Waals surface area contributed by atoms with Crippen molar-refractivity contribution in [2.24, 2.45) is 0 Å². The van der Waals surface area contributed by atoms with E-state index >= 15 is 0 Å². The highest BCUT2D eigenvalue weighted by atomic mass is 35.5. The number of benzene rings is 1. The number of halogens is 1. The molecule has 0 fully saturated rings. The molecule has 1 aromatic rings. The summed E-state index contributed by atoms with van der Waals surface area (Å²) in [5, 5.41) is 0. The van der Waals surface area contributed by atoms with Gasteiger partial charge in [-0.05, 0) is 18.6 Å². The highest BCUT2D eigenvalue weighted by Crippen LogP contribution is 2.27. The Morgan fingerprint density at radius 2 is 1.74 bits per heavy atom. The predicted molar refractivity (Wildman–Crippen MR) is 84.9 cm³/mol. The highest BCUT2D eigenvalue weighted by Gasteiger charge is 2.15. The molecular formula is C16H23ClOS. The lowest BCUT2D eigenvalue weighted by Gasteiger charge is -2.08. The van der Waals surface area contributed by atoms with Gasteiger partial charge in [-0.25, -0.2) is 0 Å². The third-order valence-corrected chi connectivity index (χ3v) is 4.54. The van der Waals surface area contributed by atoms with Gasteiger partial charge in [-0.3, -0.25) is 4.79 Å². The largest absolute Gasteiger partial charge is 0.297 e. The number of ketones is 1. The standard InChI is InChI=1S/C16H23ClOS/c1-2-3-4-5-6-10-13-15(18)16(17)19-14-11-8-7-9-12-14/h7-9,11-12,16H,2-6,10,13H2,1H3. The number of alkyl halides is 1. The van der Waals surface area contributed by atoms with Gasteiger partial charge in [0.25, 0.3) is 0 Å². The minimum atomic E-state index is -0.446. The molecule has 0 N–H and O–H groups in total. The fraction of sp³-hybridized carbons (Fsp3) is 0.562. The van der Waals surface area contributed by atoms with Gasteiger partial charge in [-0.1, -0.05) is 69.0 Å². The Bertz CT molecular complexity index is 353. The lowest BCUT2D eigenvalue weighted by atomic mass is 10.1. The van der Waals surface area contributed by atoms with E-state index in [1.54, 1.807) is 0 Å². The summed E-state index contributed by atoms with van der Waals surface area (Å²) in [7, 11) is 0. The van der Waals surface area contributed by atoms with Crippen molar-refractivity contribution in [2.75, 3.05) is 0 Å². The van der Waals surface area contributed by atoms with E-state index in [0.717, 1.165) is 17.7 Å². The third-order valence-electron chi connectivity index (χ3n) is 3.01. The second kappa shape index (κ2) is 10.3. The van der Waals surface area contributed by atoms with Gasteiger partial charge in [-0.15, -0.1) is 11.6 Å². The van der Waals surface area contributed by atoms with E-state index < -0.39 is 4.71 Å². The molecule has 1 unspecified atom stereocenters. The first kappa shape index (κ1) is 16.6. The van der Waals surface area contributed by atoms with Crippen LogP contribution in [-0.2, 0) is 4.79 Å². The van der Waals surface area contributed by atoms with Crippen molar-refractivity contribution in [3.8, 4) is 0 Å². The predicted octanol–water partition coefficient (Wildman–Crippen LogP) is 5.66. The summed E-state index contributed by atoms with van der Waals surface area (Å²) in [6.07, 6.45) is 7.81. The maximum atomic E-state index is 11.9. The highest BCUT2D eigenvalue weighted by molar-refractivity contribution is 8.01. The van der Waals surface area contributed by atoms with Gasteiger partial charge in [0, 0.05) is 11.3 Å². The van der Waals surface area contributed by atoms with Crippen molar-refractivity contribution in [2.45, 2.75) is 61.5 Å². The second-order valence-corrected chi connectivity index (χ2v) is 6.60. The lowest BCUT2D eigenvalue weighted by molar-refractivity contribution is -0.117. The molecule has 0 aliphatic rings. The number of thioether (sulfide) groups is 1. The molecule has 0 saturated carbocycles. The minimum Gasteiger partial charge on any atom is -0.297 e. The smallest absolute Gasteiger partial charge is 0.161 e. The van der Waals surface area contributed by atoms with Crippen molar-refractivity contribution in [3.63, 3.8) is 0 Å². The van der Waals surface area contributed by atoms with Crippen molar-refractivity contribution in [3.05, 3.63) is 30.3 Å². The van der Waals surface area contributed by atoms with E-state index in [2.05, 4.69) is 6.92 Å². The Hall–Kier alpha value is -0.470. The van der Waals surface area contributed by atoms with Gasteiger partial charge in [0.15, 0.2) is 5.78 Å². The number of rotatable bonds is 10. The van der Waals surface area contributed by atoms with Gasteiger partial charge in [0.1, 0.15) is 4.71 Å². The molecule has 1 atom stereocenters. The van der Waals surface area contributed by atoms with Crippen LogP contribution in [0, 0.1) is 0 Å². The molecule has 0 spiro atoms. The van der Waals surface area contributed by atoms with Gasteiger partial charge in [0.2, 0.25) is 0 Å². The van der Waals surface area contributed by atoms with Gasteiger partial charge in [-0.2, -0.15) is 0 Å². The number of Topliss-reactive ketones (excluding diaryl/α,β-unsaturated/α-hetero) is 1. The topological polar surface area (TPSA) is 17.1 Å². The third kappa shape index (κ3) is 7.64. The number of hydrogen-bond donors (Lipinski definition) is 0. The van der Waals surface area contributed by atoms with Crippen molar-refractivity contribution in [1.29, 1.82) is 0 Å². The number of hydrogen-bond acceptors (Lipinski definition) is 2. The first-order valence-electron chi connectivity index (χ1n) is 7.12. The Labute approximate surface area is 126 Å². The van der Waals surface area contributed by atoms with E-state index in [1.165, 1.54) is 37.4 Å². The maximum Gasteiger partial charge on any atom is 0.161 e. The van der Waals surface area contributed by atoms with Crippen LogP contribution < -0.4 is 0 Å². The summed E-state index contributed by atoms with van der Waals surface area (Å²) in [4.78, 5) is 12.9. The molecule has 19 heavy (non-hydrogen) atoms. The fourth-order valence-electron chi connectivity index (χ4n) is 1.88. The normalized spacial score (nSPS) is 12.3. The summed E-state index contributed by atoms with van der Waals surface area (Å²) in [6.45, 7) is 2.21. The molecule has 0 amide bonds. The van der Waals surface area contributed by atoms with Crippen LogP contribution in [0.2, 0.25) is 0 Å². The molecule has 3 heteroatoms. The zero-order valence-corrected chi connectivity index (χ0v) is 13.2. The zero-order valence-electron chi connectivity index (χ0n) is 11.6. The van der Waals surface area contributed by atoms with Gasteiger partial charge >= 0.3 is 0 Å². The summed E-state index contributed by atoms with van der Waals surface area (Å²) in [6, 6.07) is 9.86. The molecular weight excluding hydrogens is 276 g/mol. The molecule has 106 valence electrons. The van der Waals surface area contributed by atoms with E-state index in [-0.39, 0.29) is 5.78 Å². The molecule has 0 heterocycles. The summed E-state index contributed by atoms with van der Waals surface area (Å²) < 4.78 is -0.446. The summed E-state index contributed by atoms with van der Waals surface area (Å²) >= 11 is 7.58. The van der Waals surface area contributed by atoms with E-state index in [0.29, 0.717) is 6.42 Å². The minimum absolute atomic E-state index is 0.158. The number of unbranched alkanes of at least 4 members (excludes halogenated alkanes) is 5. The Balaban J connectivity index is 2.15. The van der Waals surface area contributed by atoms with Crippen molar-refractivity contribution >= 4 is 29.1 Å². The monoisotopic (exact) mass is 298 g/mol. The van der Waals surface area contributed by atoms with Crippen LogP contribution in [0.15, 0.2) is 35.2 Å². The summed E-state index contributed by atoms with van der Waals surface area (Å²) in [5.74, 6) is 0.158. The van der Waals surface area contributed by atoms with Crippen LogP contribution in [0.4, 0.5) is 0 Å². The van der Waals surface area contributed by atoms with Crippen molar-refractivity contribution < 1.29 is 4.79 Å². The van der Waals surface area contributed by atoms with Crippen LogP contribution in [0.25, 0.3) is 0 Å². The quantitative estimate of drug-likeness (QED) is 0.315. The lowest BCUT2D eigenvalue weighted by Crippen LogP contribution is -2.10. The molecule has 0 aliphatic carbocycles. The van der Waals surface area contributed by atoms with Crippen LogP contribution >= 0.6 is 23.4 Å². The maximum absolute atomic E-state index is 11.9. The molecule has 0 bridgehead atoms. The van der Waals surface area contributed by atoms with Gasteiger partial charge in [0.05, 0.1) is 0 Å². The molecule has 1 rings (SSSR count). The van der Waals surface area contributed by atoms with Crippen LogP contribution in [-0.4, -0.2) is 10.5 Å². The second-order valence-electron chi connectivity index (χ2n) is 4.73. The molecule has 0 aromatic heterocycles. The van der Waals surface area contributed by atoms with Crippen LogP contribution in [0.5, 0.6) is 0 Å². The van der Waals surface area contributed by atoms with Crippen LogP contribution in [0.3, 0.4) is 0 Å². The molecule has 1 nitrogen and oxygen atoms in total. The van der Waals surface area contributed by atoms with E-state index in [1.807, 2.05) is 30.3 Å². The van der Waals surface area contributed by atoms with Crippen molar-refractivity contribution in [1.82, 2.24) is 0 Å². The van der Waals surface area contributed by atoms with Crippen LogP contribution in [0.1, 0.15) is 51.9 Å². The number of carbonyl (C=O) groups is 1.